The molecule has 0 aliphatic carbocycles. The van der Waals surface area contributed by atoms with Gasteiger partial charge in [-0.05, 0) is 24.6 Å². The summed E-state index contributed by atoms with van der Waals surface area (Å²) in [5.41, 5.74) is 1.51. The summed E-state index contributed by atoms with van der Waals surface area (Å²) in [7, 11) is 0. The average molecular weight is 362 g/mol. The van der Waals surface area contributed by atoms with Crippen LogP contribution in [0.3, 0.4) is 0 Å². The van der Waals surface area contributed by atoms with Gasteiger partial charge in [0, 0.05) is 16.7 Å². The summed E-state index contributed by atoms with van der Waals surface area (Å²) in [6.07, 6.45) is 1.24. The zero-order valence-electron chi connectivity index (χ0n) is 11.7. The van der Waals surface area contributed by atoms with Gasteiger partial charge in [0.2, 0.25) is 0 Å². The van der Waals surface area contributed by atoms with Crippen molar-refractivity contribution in [1.82, 2.24) is 14.6 Å². The molecule has 0 bridgehead atoms. The molecular weight excluding hydrogens is 350 g/mol. The lowest BCUT2D eigenvalue weighted by Gasteiger charge is -2.00. The molecule has 0 amide bonds. The molecule has 0 aliphatic heterocycles. The maximum Gasteiger partial charge on any atom is 0.345 e. The molecule has 1 N–H and O–H groups in total. The Kier molecular flexibility index (Phi) is 3.81. The first-order valence-electron chi connectivity index (χ1n) is 6.64. The number of hydrogen-bond donors (Lipinski definition) is 1. The Morgan fingerprint density at radius 3 is 2.77 bits per heavy atom. The normalized spacial score (nSPS) is 10.8. The van der Waals surface area contributed by atoms with E-state index in [1.807, 2.05) is 24.3 Å². The predicted octanol–water partition coefficient (Wildman–Crippen LogP) is 2.63. The lowest BCUT2D eigenvalue weighted by atomic mass is 10.2. The van der Waals surface area contributed by atoms with E-state index in [0.29, 0.717) is 5.65 Å². The number of esters is 1. The number of fused-ring (bicyclic) bond motifs is 1. The molecule has 2 heterocycles. The molecule has 0 spiro atoms. The first-order chi connectivity index (χ1) is 10.6. The van der Waals surface area contributed by atoms with Crippen molar-refractivity contribution in [2.24, 2.45) is 0 Å². The van der Waals surface area contributed by atoms with Gasteiger partial charge in [0.25, 0.3) is 5.56 Å². The van der Waals surface area contributed by atoms with E-state index in [0.717, 1.165) is 15.7 Å². The fourth-order valence-corrected chi connectivity index (χ4v) is 2.35. The van der Waals surface area contributed by atoms with Crippen LogP contribution in [0.5, 0.6) is 0 Å². The van der Waals surface area contributed by atoms with E-state index in [1.54, 1.807) is 13.0 Å². The summed E-state index contributed by atoms with van der Waals surface area (Å²) in [5, 5.41) is 2.96. The van der Waals surface area contributed by atoms with Crippen molar-refractivity contribution < 1.29 is 9.53 Å². The van der Waals surface area contributed by atoms with Gasteiger partial charge in [-0.15, -0.1) is 0 Å². The van der Waals surface area contributed by atoms with Gasteiger partial charge in [-0.2, -0.15) is 0 Å². The van der Waals surface area contributed by atoms with E-state index < -0.39 is 11.5 Å². The van der Waals surface area contributed by atoms with Crippen LogP contribution in [-0.4, -0.2) is 27.2 Å². The number of benzene rings is 1. The highest BCUT2D eigenvalue weighted by atomic mass is 79.9. The van der Waals surface area contributed by atoms with Gasteiger partial charge in [-0.25, -0.2) is 14.3 Å². The number of carbonyl (C=O) groups is 1. The van der Waals surface area contributed by atoms with Gasteiger partial charge in [0.05, 0.1) is 12.3 Å². The number of aromatic nitrogens is 3. The first kappa shape index (κ1) is 14.5. The Bertz CT molecular complexity index is 897. The maximum absolute atomic E-state index is 12.3. The van der Waals surface area contributed by atoms with Crippen LogP contribution in [0.2, 0.25) is 0 Å². The number of aromatic amines is 1. The fourth-order valence-electron chi connectivity index (χ4n) is 2.09. The number of nitrogens with zero attached hydrogens (tertiary/aromatic N) is 2. The Morgan fingerprint density at radius 1 is 1.36 bits per heavy atom. The van der Waals surface area contributed by atoms with Crippen LogP contribution in [0, 0.1) is 0 Å². The van der Waals surface area contributed by atoms with Crippen LogP contribution >= 0.6 is 15.9 Å². The van der Waals surface area contributed by atoms with Gasteiger partial charge in [-0.3, -0.25) is 9.89 Å². The molecule has 1 aromatic carbocycles. The molecule has 6 nitrogen and oxygen atoms in total. The van der Waals surface area contributed by atoms with Gasteiger partial charge in [0.15, 0.2) is 5.65 Å². The molecule has 0 unspecified atom stereocenters. The van der Waals surface area contributed by atoms with Crippen LogP contribution < -0.4 is 5.56 Å². The summed E-state index contributed by atoms with van der Waals surface area (Å²) < 4.78 is 7.06. The molecule has 0 fully saturated rings. The monoisotopic (exact) mass is 361 g/mol. The van der Waals surface area contributed by atoms with E-state index >= 15 is 0 Å². The Morgan fingerprint density at radius 2 is 2.09 bits per heavy atom. The molecule has 22 heavy (non-hydrogen) atoms. The third-order valence-corrected chi connectivity index (χ3v) is 3.67. The molecule has 2 aromatic heterocycles. The molecule has 3 rings (SSSR count). The highest BCUT2D eigenvalue weighted by Crippen LogP contribution is 2.20. The van der Waals surface area contributed by atoms with Gasteiger partial charge >= 0.3 is 5.97 Å². The minimum atomic E-state index is -0.672. The highest BCUT2D eigenvalue weighted by Gasteiger charge is 2.15. The van der Waals surface area contributed by atoms with Crippen molar-refractivity contribution in [3.63, 3.8) is 0 Å². The van der Waals surface area contributed by atoms with Gasteiger partial charge in [0.1, 0.15) is 5.56 Å². The van der Waals surface area contributed by atoms with Crippen LogP contribution in [-0.2, 0) is 4.74 Å². The Balaban J connectivity index is 2.10. The van der Waals surface area contributed by atoms with Crippen molar-refractivity contribution in [2.75, 3.05) is 6.61 Å². The van der Waals surface area contributed by atoms with Crippen molar-refractivity contribution in [3.05, 3.63) is 56.9 Å². The summed E-state index contributed by atoms with van der Waals surface area (Å²) in [4.78, 5) is 28.2. The SMILES string of the molecule is CCOC(=O)c1cnc2cc(-c3ccc(Br)cc3)[nH]n2c1=O. The number of ether oxygens (including phenoxy) is 1. The second kappa shape index (κ2) is 5.76. The predicted molar refractivity (Wildman–Crippen MR) is 84.9 cm³/mol. The molecule has 0 saturated heterocycles. The Labute approximate surface area is 133 Å². The molecule has 3 aromatic rings. The second-order valence-corrected chi connectivity index (χ2v) is 5.48. The van der Waals surface area contributed by atoms with Crippen molar-refractivity contribution in [1.29, 1.82) is 0 Å². The molecule has 0 aliphatic rings. The van der Waals surface area contributed by atoms with Crippen LogP contribution in [0.4, 0.5) is 0 Å². The topological polar surface area (TPSA) is 76.5 Å². The third kappa shape index (κ3) is 2.55. The summed E-state index contributed by atoms with van der Waals surface area (Å²) in [6.45, 7) is 1.89. The minimum Gasteiger partial charge on any atom is -0.462 e. The number of hydrogen-bond acceptors (Lipinski definition) is 4. The standard InChI is InChI=1S/C15H12BrN3O3/c1-2-22-15(21)11-8-17-13-7-12(18-19(13)14(11)20)9-3-5-10(16)6-4-9/h3-8,18H,2H2,1H3. The van der Waals surface area contributed by atoms with Crippen molar-refractivity contribution in [3.8, 4) is 11.3 Å². The lowest BCUT2D eigenvalue weighted by Crippen LogP contribution is -2.24. The van der Waals surface area contributed by atoms with Crippen LogP contribution in [0.25, 0.3) is 16.9 Å². The average Bonchev–Trinajstić information content (AvgIpc) is 2.93. The van der Waals surface area contributed by atoms with E-state index in [4.69, 9.17) is 4.74 Å². The zero-order chi connectivity index (χ0) is 15.7. The third-order valence-electron chi connectivity index (χ3n) is 3.14. The molecule has 112 valence electrons. The number of rotatable bonds is 3. The second-order valence-electron chi connectivity index (χ2n) is 4.57. The number of H-pyrrole nitrogens is 1. The summed E-state index contributed by atoms with van der Waals surface area (Å²) >= 11 is 3.38. The number of nitrogens with one attached hydrogen (secondary N) is 1. The molecule has 0 radical (unpaired) electrons. The molecule has 0 saturated carbocycles. The molecule has 7 heteroatoms. The van der Waals surface area contributed by atoms with Gasteiger partial charge < -0.3 is 4.74 Å². The first-order valence-corrected chi connectivity index (χ1v) is 7.43. The molecular formula is C15H12BrN3O3. The Hall–Kier alpha value is -2.41. The largest absolute Gasteiger partial charge is 0.462 e. The van der Waals surface area contributed by atoms with E-state index in [9.17, 15) is 9.59 Å². The fraction of sp³-hybridized carbons (Fsp3) is 0.133. The smallest absolute Gasteiger partial charge is 0.345 e. The lowest BCUT2D eigenvalue weighted by molar-refractivity contribution is 0.0523. The van der Waals surface area contributed by atoms with Crippen LogP contribution in [0.1, 0.15) is 17.3 Å². The molecule has 0 atom stereocenters. The maximum atomic E-state index is 12.3. The number of halogens is 1. The van der Waals surface area contributed by atoms with E-state index in [1.165, 1.54) is 10.7 Å². The zero-order valence-corrected chi connectivity index (χ0v) is 13.3. The number of carbonyl (C=O) groups excluding carboxylic acids is 1. The van der Waals surface area contributed by atoms with Gasteiger partial charge in [-0.1, -0.05) is 28.1 Å². The highest BCUT2D eigenvalue weighted by molar-refractivity contribution is 9.10. The van der Waals surface area contributed by atoms with E-state index in [-0.39, 0.29) is 12.2 Å². The van der Waals surface area contributed by atoms with Crippen molar-refractivity contribution >= 4 is 27.5 Å². The van der Waals surface area contributed by atoms with E-state index in [2.05, 4.69) is 26.0 Å². The van der Waals surface area contributed by atoms with Crippen molar-refractivity contribution in [2.45, 2.75) is 6.92 Å². The summed E-state index contributed by atoms with van der Waals surface area (Å²) in [5.74, 6) is -0.672. The minimum absolute atomic E-state index is 0.0939. The quantitative estimate of drug-likeness (QED) is 0.727. The van der Waals surface area contributed by atoms with Crippen LogP contribution in [0.15, 0.2) is 45.8 Å². The summed E-state index contributed by atoms with van der Waals surface area (Å²) in [6, 6.07) is 9.37.